The van der Waals surface area contributed by atoms with Gasteiger partial charge in [-0.15, -0.1) is 0 Å². The number of rotatable bonds is 6. The minimum atomic E-state index is -0.367. The second-order valence-electron chi connectivity index (χ2n) is 4.24. The third kappa shape index (κ3) is 3.27. The van der Waals surface area contributed by atoms with Crippen LogP contribution in [0.15, 0.2) is 30.7 Å². The molecule has 20 heavy (non-hydrogen) atoms. The lowest BCUT2D eigenvalue weighted by molar-refractivity contribution is 0.381. The van der Waals surface area contributed by atoms with Gasteiger partial charge in [0.2, 0.25) is 5.88 Å². The zero-order valence-electron chi connectivity index (χ0n) is 11.5. The fourth-order valence-corrected chi connectivity index (χ4v) is 1.88. The number of hydrogen-bond donors (Lipinski definition) is 1. The van der Waals surface area contributed by atoms with Crippen molar-refractivity contribution in [3.63, 3.8) is 0 Å². The van der Waals surface area contributed by atoms with Crippen LogP contribution in [0, 0.1) is 5.82 Å². The van der Waals surface area contributed by atoms with Gasteiger partial charge in [-0.3, -0.25) is 9.97 Å². The molecule has 2 heterocycles. The Hall–Kier alpha value is -2.08. The number of nitrogens with zero attached hydrogens (tertiary/aromatic N) is 3. The molecule has 2 aromatic heterocycles. The van der Waals surface area contributed by atoms with Crippen LogP contribution in [-0.4, -0.2) is 28.6 Å². The highest BCUT2D eigenvalue weighted by atomic mass is 19.1. The summed E-state index contributed by atoms with van der Waals surface area (Å²) in [6.07, 6.45) is 5.32. The van der Waals surface area contributed by atoms with E-state index in [9.17, 15) is 4.39 Å². The van der Waals surface area contributed by atoms with Crippen molar-refractivity contribution in [2.24, 2.45) is 0 Å². The van der Waals surface area contributed by atoms with Crippen molar-refractivity contribution in [3.05, 3.63) is 47.9 Å². The normalized spacial score (nSPS) is 12.2. The van der Waals surface area contributed by atoms with Gasteiger partial charge in [-0.1, -0.05) is 6.92 Å². The topological polar surface area (TPSA) is 59.9 Å². The van der Waals surface area contributed by atoms with Crippen molar-refractivity contribution < 1.29 is 9.13 Å². The van der Waals surface area contributed by atoms with Crippen molar-refractivity contribution >= 4 is 0 Å². The molecule has 1 N–H and O–H groups in total. The van der Waals surface area contributed by atoms with Crippen LogP contribution in [0.1, 0.15) is 30.8 Å². The first-order valence-corrected chi connectivity index (χ1v) is 6.46. The minimum absolute atomic E-state index is 0.279. The number of nitrogens with one attached hydrogen (secondary N) is 1. The number of pyridine rings is 1. The van der Waals surface area contributed by atoms with Gasteiger partial charge >= 0.3 is 0 Å². The Morgan fingerprint density at radius 3 is 2.70 bits per heavy atom. The lowest BCUT2D eigenvalue weighted by Crippen LogP contribution is -2.25. The number of methoxy groups -OCH3 is 1. The third-order valence-electron chi connectivity index (χ3n) is 2.80. The molecule has 1 atom stereocenters. The quantitative estimate of drug-likeness (QED) is 0.875. The molecule has 1 unspecified atom stereocenters. The maximum absolute atomic E-state index is 13.0. The van der Waals surface area contributed by atoms with E-state index in [0.717, 1.165) is 13.0 Å². The molecule has 106 valence electrons. The van der Waals surface area contributed by atoms with Crippen LogP contribution in [0.3, 0.4) is 0 Å². The van der Waals surface area contributed by atoms with Gasteiger partial charge in [0.25, 0.3) is 0 Å². The smallest absolute Gasteiger partial charge is 0.237 e. The monoisotopic (exact) mass is 276 g/mol. The summed E-state index contributed by atoms with van der Waals surface area (Å²) >= 11 is 0. The van der Waals surface area contributed by atoms with Gasteiger partial charge in [0, 0.05) is 12.4 Å². The van der Waals surface area contributed by atoms with Gasteiger partial charge < -0.3 is 10.1 Å². The van der Waals surface area contributed by atoms with E-state index < -0.39 is 0 Å². The van der Waals surface area contributed by atoms with Gasteiger partial charge in [0.05, 0.1) is 25.0 Å². The van der Waals surface area contributed by atoms with Crippen LogP contribution in [0.2, 0.25) is 0 Å². The zero-order chi connectivity index (χ0) is 14.4. The number of ether oxygens (including phenoxy) is 1. The Morgan fingerprint density at radius 2 is 2.05 bits per heavy atom. The molecule has 0 aromatic carbocycles. The molecule has 0 saturated heterocycles. The molecule has 0 fully saturated rings. The fraction of sp³-hybridized carbons (Fsp3) is 0.357. The lowest BCUT2D eigenvalue weighted by atomic mass is 10.1. The maximum atomic E-state index is 13.0. The Balaban J connectivity index is 2.38. The predicted octanol–water partition coefficient (Wildman–Crippen LogP) is 2.11. The number of hydrogen-bond acceptors (Lipinski definition) is 5. The molecule has 0 aliphatic rings. The molecule has 0 aliphatic carbocycles. The summed E-state index contributed by atoms with van der Waals surface area (Å²) in [6, 6.07) is 2.74. The van der Waals surface area contributed by atoms with Crippen molar-refractivity contribution in [1.82, 2.24) is 20.3 Å². The molecule has 5 nitrogen and oxygen atoms in total. The molecule has 2 aromatic rings. The molecule has 0 bridgehead atoms. The Labute approximate surface area is 117 Å². The summed E-state index contributed by atoms with van der Waals surface area (Å²) in [5.41, 5.74) is 1.32. The van der Waals surface area contributed by atoms with Crippen molar-refractivity contribution in [2.75, 3.05) is 13.7 Å². The first kappa shape index (κ1) is 14.3. The Kier molecular flexibility index (Phi) is 4.95. The van der Waals surface area contributed by atoms with Crippen LogP contribution >= 0.6 is 0 Å². The van der Waals surface area contributed by atoms with Crippen molar-refractivity contribution in [1.29, 1.82) is 0 Å². The lowest BCUT2D eigenvalue weighted by Gasteiger charge is -2.18. The standard InChI is InChI=1S/C14H17FN4O/c1-3-6-16-12(11-5-4-10(15)9-19-11)13-14(20-2)18-8-7-17-13/h4-5,7-9,12,16H,3,6H2,1-2H3. The fourth-order valence-electron chi connectivity index (χ4n) is 1.88. The van der Waals surface area contributed by atoms with Gasteiger partial charge in [0.1, 0.15) is 11.5 Å². The van der Waals surface area contributed by atoms with E-state index in [1.54, 1.807) is 25.6 Å². The first-order chi connectivity index (χ1) is 9.76. The van der Waals surface area contributed by atoms with Crippen LogP contribution in [0.5, 0.6) is 5.88 Å². The summed E-state index contributed by atoms with van der Waals surface area (Å²) in [7, 11) is 1.54. The van der Waals surface area contributed by atoms with E-state index >= 15 is 0 Å². The summed E-state index contributed by atoms with van der Waals surface area (Å²) in [5, 5.41) is 3.33. The Bertz CT molecular complexity index is 547. The van der Waals surface area contributed by atoms with Crippen molar-refractivity contribution in [3.8, 4) is 5.88 Å². The molecule has 0 radical (unpaired) electrons. The second-order valence-corrected chi connectivity index (χ2v) is 4.24. The SMILES string of the molecule is CCCNC(c1ccc(F)cn1)c1nccnc1OC. The number of aromatic nitrogens is 3. The van der Waals surface area contributed by atoms with Crippen LogP contribution in [-0.2, 0) is 0 Å². The largest absolute Gasteiger partial charge is 0.480 e. The van der Waals surface area contributed by atoms with Crippen LogP contribution < -0.4 is 10.1 Å². The van der Waals surface area contributed by atoms with E-state index in [4.69, 9.17) is 4.74 Å². The third-order valence-corrected chi connectivity index (χ3v) is 2.80. The second kappa shape index (κ2) is 6.91. The average Bonchev–Trinajstić information content (AvgIpc) is 2.50. The molecule has 2 rings (SSSR count). The number of halogens is 1. The van der Waals surface area contributed by atoms with Crippen LogP contribution in [0.25, 0.3) is 0 Å². The predicted molar refractivity (Wildman–Crippen MR) is 72.9 cm³/mol. The van der Waals surface area contributed by atoms with E-state index in [1.165, 1.54) is 12.3 Å². The molecule has 0 saturated carbocycles. The highest BCUT2D eigenvalue weighted by Crippen LogP contribution is 2.25. The molecular weight excluding hydrogens is 259 g/mol. The maximum Gasteiger partial charge on any atom is 0.237 e. The highest BCUT2D eigenvalue weighted by Gasteiger charge is 2.21. The summed E-state index contributed by atoms with van der Waals surface area (Å²) < 4.78 is 18.3. The average molecular weight is 276 g/mol. The minimum Gasteiger partial charge on any atom is -0.480 e. The van der Waals surface area contributed by atoms with E-state index in [2.05, 4.69) is 27.2 Å². The molecule has 0 amide bonds. The molecular formula is C14H17FN4O. The van der Waals surface area contributed by atoms with E-state index in [-0.39, 0.29) is 11.9 Å². The van der Waals surface area contributed by atoms with Crippen LogP contribution in [0.4, 0.5) is 4.39 Å². The molecule has 6 heteroatoms. The van der Waals surface area contributed by atoms with Gasteiger partial charge in [-0.2, -0.15) is 0 Å². The zero-order valence-corrected chi connectivity index (χ0v) is 11.5. The highest BCUT2D eigenvalue weighted by molar-refractivity contribution is 5.29. The van der Waals surface area contributed by atoms with Gasteiger partial charge in [0.15, 0.2) is 0 Å². The molecule has 0 spiro atoms. The summed E-state index contributed by atoms with van der Waals surface area (Å²) in [4.78, 5) is 12.6. The van der Waals surface area contributed by atoms with Crippen molar-refractivity contribution in [2.45, 2.75) is 19.4 Å². The van der Waals surface area contributed by atoms with E-state index in [1.807, 2.05) is 0 Å². The van der Waals surface area contributed by atoms with Gasteiger partial charge in [-0.05, 0) is 25.1 Å². The Morgan fingerprint density at radius 1 is 1.25 bits per heavy atom. The first-order valence-electron chi connectivity index (χ1n) is 6.46. The molecule has 0 aliphatic heterocycles. The van der Waals surface area contributed by atoms with E-state index in [0.29, 0.717) is 17.3 Å². The summed E-state index contributed by atoms with van der Waals surface area (Å²) in [6.45, 7) is 2.85. The summed E-state index contributed by atoms with van der Waals surface area (Å²) in [5.74, 6) is 0.0707. The van der Waals surface area contributed by atoms with Gasteiger partial charge in [-0.25, -0.2) is 9.37 Å².